The van der Waals surface area contributed by atoms with Gasteiger partial charge in [-0.15, -0.1) is 0 Å². The van der Waals surface area contributed by atoms with Crippen molar-refractivity contribution in [3.8, 4) is 11.5 Å². The monoisotopic (exact) mass is 401 g/mol. The third-order valence-corrected chi connectivity index (χ3v) is 5.44. The van der Waals surface area contributed by atoms with Crippen LogP contribution in [0.1, 0.15) is 56.3 Å². The van der Waals surface area contributed by atoms with Crippen LogP contribution in [0.5, 0.6) is 11.5 Å². The first-order valence-corrected chi connectivity index (χ1v) is 10.1. The molecule has 0 saturated heterocycles. The fourth-order valence-corrected chi connectivity index (χ4v) is 3.65. The number of hydrogen-bond donors (Lipinski definition) is 1. The van der Waals surface area contributed by atoms with E-state index in [1.807, 2.05) is 58.9 Å². The van der Waals surface area contributed by atoms with E-state index in [9.17, 15) is 4.79 Å². The van der Waals surface area contributed by atoms with E-state index in [4.69, 9.17) is 21.1 Å². The second kappa shape index (κ2) is 8.04. The molecule has 0 fully saturated rings. The molecule has 28 heavy (non-hydrogen) atoms. The molecule has 0 saturated carbocycles. The first kappa shape index (κ1) is 20.5. The standard InChI is InChI=1S/C23H28ClNO3/c1-6-20(27-16-8-10-18(24)15(3)12-16)22(26)25-19-13-23(4,5)28-21-11-14(2)7-9-17(19)21/h7-12,19-20H,6,13H2,1-5H3,(H,25,26)/t19-,20+/m0/s1. The van der Waals surface area contributed by atoms with E-state index in [0.717, 1.165) is 22.4 Å². The van der Waals surface area contributed by atoms with Crippen molar-refractivity contribution < 1.29 is 14.3 Å². The van der Waals surface area contributed by atoms with Crippen molar-refractivity contribution in [1.29, 1.82) is 0 Å². The van der Waals surface area contributed by atoms with E-state index in [-0.39, 0.29) is 17.6 Å². The first-order chi connectivity index (χ1) is 13.2. The van der Waals surface area contributed by atoms with Gasteiger partial charge < -0.3 is 14.8 Å². The lowest BCUT2D eigenvalue weighted by Crippen LogP contribution is -2.45. The average Bonchev–Trinajstić information content (AvgIpc) is 2.61. The Balaban J connectivity index is 1.77. The molecule has 2 aromatic carbocycles. The van der Waals surface area contributed by atoms with Crippen molar-refractivity contribution in [3.05, 3.63) is 58.1 Å². The fourth-order valence-electron chi connectivity index (χ4n) is 3.53. The fraction of sp³-hybridized carbons (Fsp3) is 0.435. The molecule has 1 aliphatic heterocycles. The maximum Gasteiger partial charge on any atom is 0.261 e. The molecule has 1 N–H and O–H groups in total. The van der Waals surface area contributed by atoms with Gasteiger partial charge in [-0.25, -0.2) is 0 Å². The Labute approximate surface area is 172 Å². The largest absolute Gasteiger partial charge is 0.487 e. The molecule has 1 heterocycles. The number of hydrogen-bond acceptors (Lipinski definition) is 3. The molecular formula is C23H28ClNO3. The minimum atomic E-state index is -0.569. The maximum atomic E-state index is 13.0. The molecule has 1 amide bonds. The molecule has 5 heteroatoms. The number of carbonyl (C=O) groups excluding carboxylic acids is 1. The zero-order valence-corrected chi connectivity index (χ0v) is 17.9. The van der Waals surface area contributed by atoms with Crippen molar-refractivity contribution in [1.82, 2.24) is 5.32 Å². The van der Waals surface area contributed by atoms with Crippen LogP contribution in [0, 0.1) is 13.8 Å². The molecular weight excluding hydrogens is 374 g/mol. The first-order valence-electron chi connectivity index (χ1n) is 9.71. The molecule has 4 nitrogen and oxygen atoms in total. The minimum absolute atomic E-state index is 0.114. The second-order valence-corrected chi connectivity index (χ2v) is 8.50. The second-order valence-electron chi connectivity index (χ2n) is 8.09. The van der Waals surface area contributed by atoms with E-state index in [1.54, 1.807) is 12.1 Å². The van der Waals surface area contributed by atoms with Crippen LogP contribution in [-0.2, 0) is 4.79 Å². The number of rotatable bonds is 5. The van der Waals surface area contributed by atoms with Gasteiger partial charge in [-0.1, -0.05) is 30.7 Å². The van der Waals surface area contributed by atoms with Gasteiger partial charge in [-0.05, 0) is 69.5 Å². The summed E-state index contributed by atoms with van der Waals surface area (Å²) in [6.07, 6.45) is 0.701. The highest BCUT2D eigenvalue weighted by Crippen LogP contribution is 2.40. The molecule has 0 aliphatic carbocycles. The van der Waals surface area contributed by atoms with Crippen LogP contribution in [0.15, 0.2) is 36.4 Å². The zero-order valence-electron chi connectivity index (χ0n) is 17.1. The number of nitrogens with one attached hydrogen (secondary N) is 1. The smallest absolute Gasteiger partial charge is 0.261 e. The quantitative estimate of drug-likeness (QED) is 0.716. The summed E-state index contributed by atoms with van der Waals surface area (Å²) in [6.45, 7) is 9.98. The normalized spacial score (nSPS) is 18.6. The van der Waals surface area contributed by atoms with Crippen LogP contribution in [0.3, 0.4) is 0 Å². The Morgan fingerprint density at radius 2 is 2.04 bits per heavy atom. The van der Waals surface area contributed by atoms with Gasteiger partial charge in [0.25, 0.3) is 5.91 Å². The van der Waals surface area contributed by atoms with Gasteiger partial charge in [0.1, 0.15) is 17.1 Å². The third-order valence-electron chi connectivity index (χ3n) is 5.01. The summed E-state index contributed by atoms with van der Waals surface area (Å²) in [5.74, 6) is 1.36. The Hall–Kier alpha value is -2.20. The van der Waals surface area contributed by atoms with Crippen LogP contribution < -0.4 is 14.8 Å². The number of carbonyl (C=O) groups is 1. The average molecular weight is 402 g/mol. The highest BCUT2D eigenvalue weighted by Gasteiger charge is 2.35. The topological polar surface area (TPSA) is 47.6 Å². The van der Waals surface area contributed by atoms with Gasteiger partial charge in [0.15, 0.2) is 6.10 Å². The van der Waals surface area contributed by atoms with Gasteiger partial charge in [-0.3, -0.25) is 4.79 Å². The zero-order chi connectivity index (χ0) is 20.5. The highest BCUT2D eigenvalue weighted by molar-refractivity contribution is 6.31. The molecule has 0 radical (unpaired) electrons. The molecule has 2 aromatic rings. The van der Waals surface area contributed by atoms with Gasteiger partial charge in [0.2, 0.25) is 0 Å². The van der Waals surface area contributed by atoms with Crippen molar-refractivity contribution >= 4 is 17.5 Å². The predicted octanol–water partition coefficient (Wildman–Crippen LogP) is 5.53. The summed E-state index contributed by atoms with van der Waals surface area (Å²) in [7, 11) is 0. The Kier molecular flexibility index (Phi) is 5.90. The maximum absolute atomic E-state index is 13.0. The molecule has 0 unspecified atom stereocenters. The lowest BCUT2D eigenvalue weighted by atomic mass is 9.89. The lowest BCUT2D eigenvalue weighted by Gasteiger charge is -2.38. The number of aryl methyl sites for hydroxylation is 2. The van der Waals surface area contributed by atoms with E-state index in [1.165, 1.54) is 0 Å². The molecule has 0 aromatic heterocycles. The van der Waals surface area contributed by atoms with Crippen LogP contribution >= 0.6 is 11.6 Å². The van der Waals surface area contributed by atoms with Crippen LogP contribution in [0.2, 0.25) is 5.02 Å². The summed E-state index contributed by atoms with van der Waals surface area (Å²) in [4.78, 5) is 13.0. The number of amides is 1. The highest BCUT2D eigenvalue weighted by atomic mass is 35.5. The summed E-state index contributed by atoms with van der Waals surface area (Å²) in [6, 6.07) is 11.4. The van der Waals surface area contributed by atoms with Crippen LogP contribution in [0.4, 0.5) is 0 Å². The Bertz CT molecular complexity index is 878. The Morgan fingerprint density at radius 1 is 1.29 bits per heavy atom. The molecule has 1 aliphatic rings. The summed E-state index contributed by atoms with van der Waals surface area (Å²) in [5, 5.41) is 3.86. The van der Waals surface area contributed by atoms with E-state index < -0.39 is 6.10 Å². The lowest BCUT2D eigenvalue weighted by molar-refractivity contribution is -0.129. The summed E-state index contributed by atoms with van der Waals surface area (Å²) in [5.41, 5.74) is 2.71. The predicted molar refractivity (Wildman–Crippen MR) is 112 cm³/mol. The van der Waals surface area contributed by atoms with Gasteiger partial charge in [0.05, 0.1) is 6.04 Å². The minimum Gasteiger partial charge on any atom is -0.487 e. The van der Waals surface area contributed by atoms with Crippen LogP contribution in [-0.4, -0.2) is 17.6 Å². The third kappa shape index (κ3) is 4.61. The summed E-state index contributed by atoms with van der Waals surface area (Å²) < 4.78 is 12.1. The number of fused-ring (bicyclic) bond motifs is 1. The van der Waals surface area contributed by atoms with E-state index in [2.05, 4.69) is 5.32 Å². The van der Waals surface area contributed by atoms with E-state index >= 15 is 0 Å². The SMILES string of the molecule is CC[C@@H](Oc1ccc(Cl)c(C)c1)C(=O)N[C@H]1CC(C)(C)Oc2cc(C)ccc21. The molecule has 2 atom stereocenters. The number of halogens is 1. The van der Waals surface area contributed by atoms with Crippen molar-refractivity contribution in [2.45, 2.75) is 65.2 Å². The van der Waals surface area contributed by atoms with Crippen molar-refractivity contribution in [3.63, 3.8) is 0 Å². The Morgan fingerprint density at radius 3 is 2.71 bits per heavy atom. The van der Waals surface area contributed by atoms with Crippen molar-refractivity contribution in [2.75, 3.05) is 0 Å². The van der Waals surface area contributed by atoms with E-state index in [0.29, 0.717) is 23.6 Å². The summed E-state index contributed by atoms with van der Waals surface area (Å²) >= 11 is 6.08. The number of benzene rings is 2. The van der Waals surface area contributed by atoms with Gasteiger partial charge in [-0.2, -0.15) is 0 Å². The number of ether oxygens (including phenoxy) is 2. The van der Waals surface area contributed by atoms with Gasteiger partial charge in [0, 0.05) is 17.0 Å². The molecule has 0 spiro atoms. The van der Waals surface area contributed by atoms with Crippen LogP contribution in [0.25, 0.3) is 0 Å². The van der Waals surface area contributed by atoms with Crippen molar-refractivity contribution in [2.24, 2.45) is 0 Å². The molecule has 150 valence electrons. The molecule has 0 bridgehead atoms. The molecule has 3 rings (SSSR count). The van der Waals surface area contributed by atoms with Gasteiger partial charge >= 0.3 is 0 Å².